The van der Waals surface area contributed by atoms with Gasteiger partial charge in [-0.1, -0.05) is 71.9 Å². The summed E-state index contributed by atoms with van der Waals surface area (Å²) in [5, 5.41) is 3.50. The van der Waals surface area contributed by atoms with Crippen molar-refractivity contribution in [1.29, 1.82) is 0 Å². The average Bonchev–Trinajstić information content (AvgIpc) is 2.88. The monoisotopic (exact) mass is 440 g/mol. The highest BCUT2D eigenvalue weighted by Gasteiger charge is 2.19. The Kier molecular flexibility index (Phi) is 8.31. The minimum absolute atomic E-state index is 0.00751. The third kappa shape index (κ3) is 5.85. The van der Waals surface area contributed by atoms with Crippen LogP contribution in [-0.2, 0) is 9.53 Å². The van der Waals surface area contributed by atoms with Gasteiger partial charge in [-0.15, -0.1) is 0 Å². The lowest BCUT2D eigenvalue weighted by Gasteiger charge is -2.10. The topological polar surface area (TPSA) is 50.7 Å². The van der Waals surface area contributed by atoms with E-state index in [9.17, 15) is 4.79 Å². The van der Waals surface area contributed by atoms with Crippen LogP contribution in [0.1, 0.15) is 30.9 Å². The predicted molar refractivity (Wildman–Crippen MR) is 125 cm³/mol. The number of methoxy groups -OCH3 is 1. The van der Waals surface area contributed by atoms with Gasteiger partial charge in [-0.25, -0.2) is 0 Å². The third-order valence-corrected chi connectivity index (χ3v) is 6.20. The molecular weight excluding hydrogens is 416 g/mol. The first-order valence-corrected chi connectivity index (χ1v) is 11.0. The number of thioether (sulfide) groups is 1. The summed E-state index contributed by atoms with van der Waals surface area (Å²) in [6.07, 6.45) is 5.00. The molecule has 0 saturated heterocycles. The van der Waals surface area contributed by atoms with E-state index in [4.69, 9.17) is 21.3 Å². The molecule has 6 heteroatoms. The molecule has 156 valence electrons. The highest BCUT2D eigenvalue weighted by atomic mass is 35.5. The van der Waals surface area contributed by atoms with E-state index >= 15 is 0 Å². The van der Waals surface area contributed by atoms with Gasteiger partial charge in [-0.05, 0) is 25.5 Å². The molecule has 0 spiro atoms. The summed E-state index contributed by atoms with van der Waals surface area (Å²) in [5.41, 5.74) is 3.85. The Bertz CT molecular complexity index is 998. The Balaban J connectivity index is 1.80. The fourth-order valence-electron chi connectivity index (χ4n) is 3.04. The van der Waals surface area contributed by atoms with Crippen LogP contribution in [-0.4, -0.2) is 31.9 Å². The highest BCUT2D eigenvalue weighted by molar-refractivity contribution is 8.03. The van der Waals surface area contributed by atoms with Gasteiger partial charge in [0.2, 0.25) is 5.91 Å². The molecular formula is C24H25ClN2O2S. The number of hydrogen-bond acceptors (Lipinski definition) is 4. The molecule has 1 N–H and O–H groups in total. The molecule has 2 aromatic rings. The predicted octanol–water partition coefficient (Wildman–Crippen LogP) is 5.61. The van der Waals surface area contributed by atoms with Crippen LogP contribution in [0.3, 0.4) is 0 Å². The summed E-state index contributed by atoms with van der Waals surface area (Å²) < 4.78 is 4.94. The second-order valence-corrected chi connectivity index (χ2v) is 8.31. The summed E-state index contributed by atoms with van der Waals surface area (Å²) in [6, 6.07) is 16.0. The Labute approximate surface area is 187 Å². The zero-order chi connectivity index (χ0) is 21.3. The number of rotatable bonds is 8. The van der Waals surface area contributed by atoms with E-state index in [-0.39, 0.29) is 5.91 Å². The summed E-state index contributed by atoms with van der Waals surface area (Å²) in [5.74, 6) is -0.00751. The van der Waals surface area contributed by atoms with Crippen LogP contribution in [0, 0.1) is 0 Å². The first-order chi connectivity index (χ1) is 14.6. The Morgan fingerprint density at radius 3 is 2.63 bits per heavy atom. The lowest BCUT2D eigenvalue weighted by atomic mass is 10.0. The number of nitrogens with one attached hydrogen (secondary N) is 1. The van der Waals surface area contributed by atoms with Crippen molar-refractivity contribution in [1.82, 2.24) is 5.32 Å². The van der Waals surface area contributed by atoms with Crippen LogP contribution in [0.25, 0.3) is 0 Å². The molecule has 4 nitrogen and oxygen atoms in total. The minimum Gasteiger partial charge on any atom is -0.383 e. The molecule has 2 aromatic carbocycles. The molecule has 3 rings (SSSR count). The van der Waals surface area contributed by atoms with Gasteiger partial charge in [0.1, 0.15) is 0 Å². The van der Waals surface area contributed by atoms with E-state index in [1.165, 1.54) is 0 Å². The summed E-state index contributed by atoms with van der Waals surface area (Å²) in [4.78, 5) is 19.1. The van der Waals surface area contributed by atoms with Crippen molar-refractivity contribution in [2.45, 2.75) is 24.7 Å². The van der Waals surface area contributed by atoms with E-state index in [1.54, 1.807) is 18.9 Å². The first-order valence-electron chi connectivity index (χ1n) is 9.81. The molecule has 0 aromatic heterocycles. The largest absolute Gasteiger partial charge is 0.383 e. The number of carbonyl (C=O) groups is 1. The second-order valence-electron chi connectivity index (χ2n) is 6.77. The smallest absolute Gasteiger partial charge is 0.223 e. The van der Waals surface area contributed by atoms with Gasteiger partial charge in [0, 0.05) is 51.7 Å². The maximum absolute atomic E-state index is 11.8. The fourth-order valence-corrected chi connectivity index (χ4v) is 4.33. The van der Waals surface area contributed by atoms with Gasteiger partial charge >= 0.3 is 0 Å². The van der Waals surface area contributed by atoms with Crippen LogP contribution >= 0.6 is 23.4 Å². The van der Waals surface area contributed by atoms with E-state index in [0.29, 0.717) is 24.6 Å². The van der Waals surface area contributed by atoms with Gasteiger partial charge in [0.25, 0.3) is 0 Å². The number of allylic oxidation sites excluding steroid dienone is 3. The number of halogens is 1. The molecule has 30 heavy (non-hydrogen) atoms. The Hall–Kier alpha value is -2.34. The number of hydrogen-bond donors (Lipinski definition) is 1. The van der Waals surface area contributed by atoms with Crippen molar-refractivity contribution in [3.63, 3.8) is 0 Å². The molecule has 1 amide bonds. The summed E-state index contributed by atoms with van der Waals surface area (Å²) >= 11 is 8.20. The van der Waals surface area contributed by atoms with Gasteiger partial charge in [0.15, 0.2) is 0 Å². The minimum atomic E-state index is -0.00751. The van der Waals surface area contributed by atoms with Crippen LogP contribution in [0.15, 0.2) is 81.2 Å². The molecule has 0 atom stereocenters. The number of aliphatic imine (C=N–C) groups is 1. The molecule has 0 saturated carbocycles. The van der Waals surface area contributed by atoms with E-state index in [1.807, 2.05) is 55.5 Å². The molecule has 0 unspecified atom stereocenters. The van der Waals surface area contributed by atoms with Crippen molar-refractivity contribution >= 4 is 35.0 Å². The van der Waals surface area contributed by atoms with Crippen LogP contribution in [0.2, 0.25) is 5.02 Å². The SMILES string of the molecule is COCCNC(=O)C/C=C\CC1=C(C)N=C(c2ccccc2Cl)c2ccccc2S1. The maximum Gasteiger partial charge on any atom is 0.223 e. The van der Waals surface area contributed by atoms with E-state index < -0.39 is 0 Å². The first kappa shape index (κ1) is 22.3. The number of benzene rings is 2. The maximum atomic E-state index is 11.8. The standard InChI is InChI=1S/C24H25ClN2O2S/c1-17-21(12-7-8-14-23(28)26-15-16-29-2)30-22-13-6-4-10-19(22)24(27-17)18-9-3-5-11-20(18)25/h3-11,13H,12,14-16H2,1-2H3,(H,26,28)/b8-7-. The number of nitrogens with zero attached hydrogens (tertiary/aromatic N) is 1. The Morgan fingerprint density at radius 1 is 1.13 bits per heavy atom. The normalized spacial score (nSPS) is 13.8. The van der Waals surface area contributed by atoms with Crippen molar-refractivity contribution in [2.24, 2.45) is 4.99 Å². The van der Waals surface area contributed by atoms with Crippen LogP contribution < -0.4 is 5.32 Å². The zero-order valence-electron chi connectivity index (χ0n) is 17.2. The molecule has 0 aliphatic carbocycles. The number of carbonyl (C=O) groups excluding carboxylic acids is 1. The fraction of sp³-hybridized carbons (Fsp3) is 0.250. The summed E-state index contributed by atoms with van der Waals surface area (Å²) in [6.45, 7) is 3.07. The molecule has 0 radical (unpaired) electrons. The molecule has 0 bridgehead atoms. The van der Waals surface area contributed by atoms with Crippen LogP contribution in [0.5, 0.6) is 0 Å². The molecule has 1 aliphatic rings. The molecule has 0 fully saturated rings. The second kappa shape index (κ2) is 11.2. The van der Waals surface area contributed by atoms with Gasteiger partial charge in [-0.2, -0.15) is 0 Å². The van der Waals surface area contributed by atoms with Gasteiger partial charge in [0.05, 0.1) is 12.3 Å². The van der Waals surface area contributed by atoms with Crippen molar-refractivity contribution < 1.29 is 9.53 Å². The van der Waals surface area contributed by atoms with Gasteiger partial charge < -0.3 is 10.1 Å². The number of amides is 1. The van der Waals surface area contributed by atoms with E-state index in [2.05, 4.69) is 17.4 Å². The van der Waals surface area contributed by atoms with Crippen molar-refractivity contribution in [3.8, 4) is 0 Å². The number of ether oxygens (including phenoxy) is 1. The zero-order valence-corrected chi connectivity index (χ0v) is 18.7. The lowest BCUT2D eigenvalue weighted by Crippen LogP contribution is -2.26. The van der Waals surface area contributed by atoms with Crippen LogP contribution in [0.4, 0.5) is 0 Å². The third-order valence-electron chi connectivity index (χ3n) is 4.59. The highest BCUT2D eigenvalue weighted by Crippen LogP contribution is 2.39. The van der Waals surface area contributed by atoms with Crippen molar-refractivity contribution in [3.05, 3.63) is 87.4 Å². The van der Waals surface area contributed by atoms with E-state index in [0.717, 1.165) is 38.8 Å². The Morgan fingerprint density at radius 2 is 1.87 bits per heavy atom. The lowest BCUT2D eigenvalue weighted by molar-refractivity contribution is -0.120. The average molecular weight is 441 g/mol. The van der Waals surface area contributed by atoms with Gasteiger partial charge in [-0.3, -0.25) is 9.79 Å². The molecule has 1 heterocycles. The van der Waals surface area contributed by atoms with Crippen molar-refractivity contribution in [2.75, 3.05) is 20.3 Å². The summed E-state index contributed by atoms with van der Waals surface area (Å²) in [7, 11) is 1.62. The quantitative estimate of drug-likeness (QED) is 0.428. The molecule has 1 aliphatic heterocycles. The number of fused-ring (bicyclic) bond motifs is 1.